The molecule has 212 valence electrons. The number of rotatable bonds is 3. The highest BCUT2D eigenvalue weighted by atomic mass is 14.9. The molecule has 0 N–H and O–H groups in total. The van der Waals surface area contributed by atoms with Crippen molar-refractivity contribution in [1.29, 1.82) is 0 Å². The van der Waals surface area contributed by atoms with Gasteiger partial charge in [-0.1, -0.05) is 135 Å². The first-order valence-corrected chi connectivity index (χ1v) is 15.6. The first-order chi connectivity index (χ1) is 22.1. The molecule has 0 amide bonds. The average Bonchev–Trinajstić information content (AvgIpc) is 3.33. The van der Waals surface area contributed by atoms with Crippen LogP contribution in [0.1, 0.15) is 25.0 Å². The second kappa shape index (κ2) is 9.70. The SMILES string of the molecule is CC1(C)c2ccc(-c3nc(-c4ccccc4)cc(-c4ccccc4)n3)cc2-c2cc3c4ccccc4c4ccccc4c3cc21. The topological polar surface area (TPSA) is 25.8 Å². The summed E-state index contributed by atoms with van der Waals surface area (Å²) in [5.74, 6) is 0.737. The summed E-state index contributed by atoms with van der Waals surface area (Å²) in [5.41, 5.74) is 10.2. The molecule has 2 nitrogen and oxygen atoms in total. The van der Waals surface area contributed by atoms with Crippen LogP contribution in [0.2, 0.25) is 0 Å². The van der Waals surface area contributed by atoms with Gasteiger partial charge in [0.1, 0.15) is 0 Å². The van der Waals surface area contributed by atoms with E-state index in [0.717, 1.165) is 33.9 Å². The van der Waals surface area contributed by atoms with Crippen molar-refractivity contribution in [2.24, 2.45) is 0 Å². The lowest BCUT2D eigenvalue weighted by Gasteiger charge is -2.22. The lowest BCUT2D eigenvalue weighted by atomic mass is 9.81. The van der Waals surface area contributed by atoms with Gasteiger partial charge in [0.2, 0.25) is 0 Å². The summed E-state index contributed by atoms with van der Waals surface area (Å²) < 4.78 is 0. The first-order valence-electron chi connectivity index (χ1n) is 15.6. The molecule has 0 bridgehead atoms. The molecule has 8 aromatic rings. The molecular formula is C43H30N2. The van der Waals surface area contributed by atoms with Crippen LogP contribution in [-0.2, 0) is 5.41 Å². The molecule has 7 aromatic carbocycles. The van der Waals surface area contributed by atoms with Gasteiger partial charge in [-0.15, -0.1) is 0 Å². The van der Waals surface area contributed by atoms with Crippen LogP contribution in [0.25, 0.3) is 77.3 Å². The largest absolute Gasteiger partial charge is 0.228 e. The maximum atomic E-state index is 5.13. The Kier molecular flexibility index (Phi) is 5.58. The zero-order chi connectivity index (χ0) is 30.1. The van der Waals surface area contributed by atoms with Gasteiger partial charge in [0, 0.05) is 22.1 Å². The quantitative estimate of drug-likeness (QED) is 0.196. The van der Waals surface area contributed by atoms with Gasteiger partial charge < -0.3 is 0 Å². The second-order valence-electron chi connectivity index (χ2n) is 12.6. The van der Waals surface area contributed by atoms with E-state index in [9.17, 15) is 0 Å². The van der Waals surface area contributed by atoms with E-state index in [1.54, 1.807) is 0 Å². The number of fused-ring (bicyclic) bond motifs is 9. The molecule has 1 aliphatic carbocycles. The van der Waals surface area contributed by atoms with Crippen molar-refractivity contribution < 1.29 is 0 Å². The van der Waals surface area contributed by atoms with Crippen LogP contribution >= 0.6 is 0 Å². The van der Waals surface area contributed by atoms with Gasteiger partial charge in [-0.2, -0.15) is 0 Å². The molecule has 0 spiro atoms. The summed E-state index contributed by atoms with van der Waals surface area (Å²) in [7, 11) is 0. The van der Waals surface area contributed by atoms with E-state index >= 15 is 0 Å². The van der Waals surface area contributed by atoms with Crippen molar-refractivity contribution in [2.45, 2.75) is 19.3 Å². The number of hydrogen-bond donors (Lipinski definition) is 0. The smallest absolute Gasteiger partial charge is 0.160 e. The summed E-state index contributed by atoms with van der Waals surface area (Å²) in [6, 6.07) is 52.2. The van der Waals surface area contributed by atoms with Gasteiger partial charge in [-0.05, 0) is 78.8 Å². The fourth-order valence-corrected chi connectivity index (χ4v) is 7.38. The molecule has 0 aliphatic heterocycles. The predicted octanol–water partition coefficient (Wildman–Crippen LogP) is 11.2. The Morgan fingerprint density at radius 3 is 1.40 bits per heavy atom. The summed E-state index contributed by atoms with van der Waals surface area (Å²) in [6.45, 7) is 4.71. The third-order valence-electron chi connectivity index (χ3n) is 9.66. The van der Waals surface area contributed by atoms with Crippen molar-refractivity contribution in [3.05, 3.63) is 157 Å². The molecule has 0 saturated carbocycles. The fourth-order valence-electron chi connectivity index (χ4n) is 7.38. The normalized spacial score (nSPS) is 13.3. The maximum absolute atomic E-state index is 5.13. The van der Waals surface area contributed by atoms with E-state index in [4.69, 9.17) is 9.97 Å². The van der Waals surface area contributed by atoms with E-state index in [-0.39, 0.29) is 5.41 Å². The van der Waals surface area contributed by atoms with E-state index in [0.29, 0.717) is 0 Å². The van der Waals surface area contributed by atoms with E-state index < -0.39 is 0 Å². The van der Waals surface area contributed by atoms with Crippen LogP contribution in [0.4, 0.5) is 0 Å². The Bertz CT molecular complexity index is 2380. The van der Waals surface area contributed by atoms with Gasteiger partial charge in [0.05, 0.1) is 11.4 Å². The minimum Gasteiger partial charge on any atom is -0.228 e. The molecule has 2 heteroatoms. The van der Waals surface area contributed by atoms with E-state index in [2.05, 4.69) is 147 Å². The maximum Gasteiger partial charge on any atom is 0.160 e. The molecular weight excluding hydrogens is 544 g/mol. The minimum atomic E-state index is -0.133. The van der Waals surface area contributed by atoms with Crippen molar-refractivity contribution in [1.82, 2.24) is 9.97 Å². The summed E-state index contributed by atoms with van der Waals surface area (Å²) in [6.07, 6.45) is 0. The highest BCUT2D eigenvalue weighted by Crippen LogP contribution is 2.52. The number of hydrogen-bond acceptors (Lipinski definition) is 2. The van der Waals surface area contributed by atoms with Crippen LogP contribution in [-0.4, -0.2) is 9.97 Å². The van der Waals surface area contributed by atoms with E-state index in [1.807, 2.05) is 12.1 Å². The Balaban J connectivity index is 1.28. The number of aromatic nitrogens is 2. The Labute approximate surface area is 262 Å². The Morgan fingerprint density at radius 1 is 0.378 bits per heavy atom. The lowest BCUT2D eigenvalue weighted by molar-refractivity contribution is 0.661. The van der Waals surface area contributed by atoms with E-state index in [1.165, 1.54) is 54.6 Å². The number of nitrogens with zero attached hydrogens (tertiary/aromatic N) is 2. The zero-order valence-corrected chi connectivity index (χ0v) is 25.3. The zero-order valence-electron chi connectivity index (χ0n) is 25.3. The molecule has 0 unspecified atom stereocenters. The summed E-state index contributed by atoms with van der Waals surface area (Å²) >= 11 is 0. The molecule has 0 fully saturated rings. The summed E-state index contributed by atoms with van der Waals surface area (Å²) in [4.78, 5) is 10.3. The summed E-state index contributed by atoms with van der Waals surface area (Å²) in [5, 5.41) is 7.82. The molecule has 0 saturated heterocycles. The lowest BCUT2D eigenvalue weighted by Crippen LogP contribution is -2.14. The Hall–Kier alpha value is -5.60. The molecule has 1 aliphatic rings. The van der Waals surface area contributed by atoms with Crippen molar-refractivity contribution in [3.8, 4) is 45.0 Å². The highest BCUT2D eigenvalue weighted by Gasteiger charge is 2.36. The van der Waals surface area contributed by atoms with Crippen LogP contribution < -0.4 is 0 Å². The molecule has 1 heterocycles. The minimum absolute atomic E-state index is 0.133. The van der Waals surface area contributed by atoms with Crippen LogP contribution in [0, 0.1) is 0 Å². The molecule has 45 heavy (non-hydrogen) atoms. The van der Waals surface area contributed by atoms with Crippen LogP contribution in [0.3, 0.4) is 0 Å². The number of benzene rings is 7. The van der Waals surface area contributed by atoms with Gasteiger partial charge >= 0.3 is 0 Å². The van der Waals surface area contributed by atoms with Crippen LogP contribution in [0.5, 0.6) is 0 Å². The third kappa shape index (κ3) is 3.96. The standard InChI is InChI=1S/C43H30N2/c1-43(2)38-22-21-29(42-44-40(27-13-5-3-6-14-27)26-41(45-42)28-15-7-4-8-16-28)23-36(38)37-24-34-32-19-11-9-17-30(32)31-18-10-12-20-33(31)35(34)25-39(37)43/h3-26H,1-2H3. The Morgan fingerprint density at radius 2 is 0.844 bits per heavy atom. The molecule has 9 rings (SSSR count). The van der Waals surface area contributed by atoms with Gasteiger partial charge in [0.25, 0.3) is 0 Å². The van der Waals surface area contributed by atoms with Gasteiger partial charge in [-0.3, -0.25) is 0 Å². The van der Waals surface area contributed by atoms with Crippen LogP contribution in [0.15, 0.2) is 146 Å². The first kappa shape index (κ1) is 25.9. The third-order valence-corrected chi connectivity index (χ3v) is 9.66. The highest BCUT2D eigenvalue weighted by molar-refractivity contribution is 6.26. The van der Waals surface area contributed by atoms with Gasteiger partial charge in [-0.25, -0.2) is 9.97 Å². The van der Waals surface area contributed by atoms with Gasteiger partial charge in [0.15, 0.2) is 5.82 Å². The van der Waals surface area contributed by atoms with Crippen molar-refractivity contribution >= 4 is 32.3 Å². The molecule has 0 atom stereocenters. The molecule has 0 radical (unpaired) electrons. The second-order valence-corrected chi connectivity index (χ2v) is 12.6. The monoisotopic (exact) mass is 574 g/mol. The predicted molar refractivity (Wildman–Crippen MR) is 188 cm³/mol. The van der Waals surface area contributed by atoms with Crippen molar-refractivity contribution in [3.63, 3.8) is 0 Å². The van der Waals surface area contributed by atoms with Crippen molar-refractivity contribution in [2.75, 3.05) is 0 Å². The molecule has 1 aromatic heterocycles. The fraction of sp³-hybridized carbons (Fsp3) is 0.0698. The average molecular weight is 575 g/mol.